The third kappa shape index (κ3) is 2.88. The molecule has 0 bridgehead atoms. The topological polar surface area (TPSA) is 12.9 Å². The molecule has 1 nitrogen and oxygen atoms in total. The number of hydrogen-bond acceptors (Lipinski definition) is 2. The van der Waals surface area contributed by atoms with Crippen LogP contribution >= 0.6 is 22.9 Å². The molecule has 3 heteroatoms. The van der Waals surface area contributed by atoms with Crippen molar-refractivity contribution in [3.8, 4) is 0 Å². The van der Waals surface area contributed by atoms with Gasteiger partial charge in [0.1, 0.15) is 0 Å². The minimum Gasteiger partial charge on any atom is -0.247 e. The molecule has 0 aliphatic heterocycles. The van der Waals surface area contributed by atoms with Gasteiger partial charge in [-0.1, -0.05) is 24.3 Å². The fourth-order valence-corrected chi connectivity index (χ4v) is 3.33. The van der Waals surface area contributed by atoms with Crippen LogP contribution in [-0.2, 0) is 6.42 Å². The molecule has 0 radical (unpaired) electrons. The summed E-state index contributed by atoms with van der Waals surface area (Å²) in [6.45, 7) is 6.19. The smallest absolute Gasteiger partial charge is 0.0900 e. The highest BCUT2D eigenvalue weighted by Gasteiger charge is 2.16. The van der Waals surface area contributed by atoms with Crippen LogP contribution in [0.15, 0.2) is 24.3 Å². The number of aryl methyl sites for hydroxylation is 3. The molecular weight excluding hydrogens is 250 g/mol. The summed E-state index contributed by atoms with van der Waals surface area (Å²) in [7, 11) is 0. The quantitative estimate of drug-likeness (QED) is 0.740. The molecule has 1 aromatic heterocycles. The van der Waals surface area contributed by atoms with E-state index in [1.165, 1.54) is 16.0 Å². The number of alkyl halides is 1. The van der Waals surface area contributed by atoms with Gasteiger partial charge in [-0.05, 0) is 38.3 Å². The maximum absolute atomic E-state index is 6.50. The fourth-order valence-electron chi connectivity index (χ4n) is 1.96. The van der Waals surface area contributed by atoms with Gasteiger partial charge in [-0.25, -0.2) is 4.98 Å². The van der Waals surface area contributed by atoms with Gasteiger partial charge in [-0.15, -0.1) is 22.9 Å². The number of rotatable bonds is 3. The Hall–Kier alpha value is -0.860. The summed E-state index contributed by atoms with van der Waals surface area (Å²) >= 11 is 8.21. The maximum atomic E-state index is 6.50. The summed E-state index contributed by atoms with van der Waals surface area (Å²) in [5, 5.41) is 1.12. The standard InChI is InChI=1S/C14H16ClNS/c1-9-6-4-5-7-12(9)8-13(15)14-10(2)16-11(3)17-14/h4-7,13H,8H2,1-3H3. The Morgan fingerprint density at radius 2 is 1.94 bits per heavy atom. The minimum atomic E-state index is 0.0299. The third-order valence-electron chi connectivity index (χ3n) is 2.88. The fraction of sp³-hybridized carbons (Fsp3) is 0.357. The van der Waals surface area contributed by atoms with E-state index in [0.29, 0.717) is 0 Å². The van der Waals surface area contributed by atoms with Crippen molar-refractivity contribution >= 4 is 22.9 Å². The summed E-state index contributed by atoms with van der Waals surface area (Å²) in [5.74, 6) is 0. The minimum absolute atomic E-state index is 0.0299. The lowest BCUT2D eigenvalue weighted by atomic mass is 10.0. The molecule has 1 unspecified atom stereocenters. The van der Waals surface area contributed by atoms with Gasteiger partial charge in [0, 0.05) is 4.88 Å². The first-order valence-electron chi connectivity index (χ1n) is 5.70. The lowest BCUT2D eigenvalue weighted by Crippen LogP contribution is -1.97. The van der Waals surface area contributed by atoms with Crippen LogP contribution in [0, 0.1) is 20.8 Å². The van der Waals surface area contributed by atoms with E-state index in [9.17, 15) is 0 Å². The summed E-state index contributed by atoms with van der Waals surface area (Å²) in [6, 6.07) is 8.40. The van der Waals surface area contributed by atoms with Gasteiger partial charge in [0.2, 0.25) is 0 Å². The van der Waals surface area contributed by atoms with Gasteiger partial charge in [-0.2, -0.15) is 0 Å². The van der Waals surface area contributed by atoms with Crippen molar-refractivity contribution in [3.05, 3.63) is 51.0 Å². The molecule has 0 amide bonds. The molecule has 0 aliphatic rings. The van der Waals surface area contributed by atoms with Crippen LogP contribution in [0.4, 0.5) is 0 Å². The van der Waals surface area contributed by atoms with Crippen molar-refractivity contribution in [3.63, 3.8) is 0 Å². The van der Waals surface area contributed by atoms with Gasteiger partial charge in [0.25, 0.3) is 0 Å². The first-order chi connectivity index (χ1) is 8.08. The highest BCUT2D eigenvalue weighted by atomic mass is 35.5. The lowest BCUT2D eigenvalue weighted by molar-refractivity contribution is 0.914. The van der Waals surface area contributed by atoms with Crippen LogP contribution in [-0.4, -0.2) is 4.98 Å². The van der Waals surface area contributed by atoms with E-state index in [1.54, 1.807) is 11.3 Å². The van der Waals surface area contributed by atoms with E-state index >= 15 is 0 Å². The van der Waals surface area contributed by atoms with Gasteiger partial charge in [0.15, 0.2) is 0 Å². The number of nitrogens with zero attached hydrogens (tertiary/aromatic N) is 1. The molecule has 0 fully saturated rings. The molecule has 0 spiro atoms. The van der Waals surface area contributed by atoms with E-state index in [-0.39, 0.29) is 5.38 Å². The first kappa shape index (κ1) is 12.6. The van der Waals surface area contributed by atoms with Crippen LogP contribution in [0.2, 0.25) is 0 Å². The van der Waals surface area contributed by atoms with E-state index in [2.05, 4.69) is 36.2 Å². The normalized spacial score (nSPS) is 12.7. The molecule has 1 heterocycles. The maximum Gasteiger partial charge on any atom is 0.0900 e. The summed E-state index contributed by atoms with van der Waals surface area (Å²) in [6.07, 6.45) is 0.872. The third-order valence-corrected chi connectivity index (χ3v) is 4.57. The molecule has 2 aromatic rings. The predicted octanol–water partition coefficient (Wildman–Crippen LogP) is 4.59. The van der Waals surface area contributed by atoms with Crippen LogP contribution in [0.1, 0.15) is 32.1 Å². The van der Waals surface area contributed by atoms with Crippen molar-refractivity contribution in [1.82, 2.24) is 4.98 Å². The summed E-state index contributed by atoms with van der Waals surface area (Å²) < 4.78 is 0. The molecule has 1 atom stereocenters. The monoisotopic (exact) mass is 265 g/mol. The Labute approximate surface area is 111 Å². The largest absolute Gasteiger partial charge is 0.247 e. The number of halogens is 1. The highest BCUT2D eigenvalue weighted by Crippen LogP contribution is 2.32. The van der Waals surface area contributed by atoms with Crippen LogP contribution in [0.5, 0.6) is 0 Å². The van der Waals surface area contributed by atoms with Crippen LogP contribution < -0.4 is 0 Å². The number of benzene rings is 1. The van der Waals surface area contributed by atoms with Crippen molar-refractivity contribution in [2.45, 2.75) is 32.6 Å². The van der Waals surface area contributed by atoms with Crippen LogP contribution in [0.3, 0.4) is 0 Å². The number of aromatic nitrogens is 1. The Bertz CT molecular complexity index is 519. The summed E-state index contributed by atoms with van der Waals surface area (Å²) in [4.78, 5) is 5.63. The van der Waals surface area contributed by atoms with Crippen molar-refractivity contribution in [1.29, 1.82) is 0 Å². The second kappa shape index (κ2) is 5.19. The molecule has 0 saturated heterocycles. The second-order valence-electron chi connectivity index (χ2n) is 4.28. The Morgan fingerprint density at radius 1 is 1.24 bits per heavy atom. The van der Waals surface area contributed by atoms with Gasteiger partial charge in [-0.3, -0.25) is 0 Å². The van der Waals surface area contributed by atoms with Crippen molar-refractivity contribution < 1.29 is 0 Å². The zero-order chi connectivity index (χ0) is 12.4. The average molecular weight is 266 g/mol. The Morgan fingerprint density at radius 3 is 2.53 bits per heavy atom. The van der Waals surface area contributed by atoms with Crippen molar-refractivity contribution in [2.75, 3.05) is 0 Å². The zero-order valence-electron chi connectivity index (χ0n) is 10.3. The summed E-state index contributed by atoms with van der Waals surface area (Å²) in [5.41, 5.74) is 3.69. The molecular formula is C14H16ClNS. The van der Waals surface area contributed by atoms with Crippen molar-refractivity contribution in [2.24, 2.45) is 0 Å². The number of hydrogen-bond donors (Lipinski definition) is 0. The molecule has 2 rings (SSSR count). The van der Waals surface area contributed by atoms with Gasteiger partial charge in [0.05, 0.1) is 16.1 Å². The molecule has 90 valence electrons. The Balaban J connectivity index is 2.20. The van der Waals surface area contributed by atoms with E-state index in [4.69, 9.17) is 11.6 Å². The van der Waals surface area contributed by atoms with Crippen LogP contribution in [0.25, 0.3) is 0 Å². The average Bonchev–Trinajstić information content (AvgIpc) is 2.61. The van der Waals surface area contributed by atoms with Gasteiger partial charge < -0.3 is 0 Å². The van der Waals surface area contributed by atoms with E-state index in [1.807, 2.05) is 13.8 Å². The molecule has 0 saturated carbocycles. The number of thiazole rings is 1. The molecule has 0 aliphatic carbocycles. The molecule has 17 heavy (non-hydrogen) atoms. The molecule has 0 N–H and O–H groups in total. The van der Waals surface area contributed by atoms with E-state index < -0.39 is 0 Å². The predicted molar refractivity (Wildman–Crippen MR) is 75.1 cm³/mol. The Kier molecular flexibility index (Phi) is 3.85. The zero-order valence-corrected chi connectivity index (χ0v) is 11.9. The lowest BCUT2D eigenvalue weighted by Gasteiger charge is -2.10. The first-order valence-corrected chi connectivity index (χ1v) is 6.95. The second-order valence-corrected chi connectivity index (χ2v) is 6.04. The van der Waals surface area contributed by atoms with E-state index in [0.717, 1.165) is 17.1 Å². The highest BCUT2D eigenvalue weighted by molar-refractivity contribution is 7.12. The molecule has 1 aromatic carbocycles. The SMILES string of the molecule is Cc1nc(C)c(C(Cl)Cc2ccccc2C)s1. The van der Waals surface area contributed by atoms with Gasteiger partial charge >= 0.3 is 0 Å².